The summed E-state index contributed by atoms with van der Waals surface area (Å²) in [6.45, 7) is 0.730. The van der Waals surface area contributed by atoms with Crippen LogP contribution in [0.2, 0.25) is 0 Å². The summed E-state index contributed by atoms with van der Waals surface area (Å²) in [5.74, 6) is 0.526. The lowest BCUT2D eigenvalue weighted by molar-refractivity contribution is -0.120. The number of fused-ring (bicyclic) bond motifs is 3. The molecule has 4 rings (SSSR count). The van der Waals surface area contributed by atoms with Crippen molar-refractivity contribution in [3.05, 3.63) is 34.6 Å². The van der Waals surface area contributed by atoms with Crippen LogP contribution in [-0.2, 0) is 11.8 Å². The molecule has 1 fully saturated rings. The number of aryl methyl sites for hydroxylation is 1. The number of hydrogen-bond donors (Lipinski definition) is 1. The molecular formula is C16H17N5O2S. The van der Waals surface area contributed by atoms with Crippen molar-refractivity contribution < 1.29 is 4.79 Å². The van der Waals surface area contributed by atoms with Gasteiger partial charge in [-0.3, -0.25) is 18.6 Å². The topological polar surface area (TPSA) is 81.3 Å². The van der Waals surface area contributed by atoms with Gasteiger partial charge >= 0.3 is 0 Å². The minimum absolute atomic E-state index is 0.0448. The van der Waals surface area contributed by atoms with Crippen molar-refractivity contribution in [1.82, 2.24) is 24.5 Å². The average molecular weight is 343 g/mol. The van der Waals surface area contributed by atoms with Crippen LogP contribution in [0.4, 0.5) is 0 Å². The number of hydrogen-bond acceptors (Lipinski definition) is 5. The molecule has 124 valence electrons. The van der Waals surface area contributed by atoms with Gasteiger partial charge in [-0.25, -0.2) is 0 Å². The van der Waals surface area contributed by atoms with E-state index in [1.54, 1.807) is 13.1 Å². The first-order chi connectivity index (χ1) is 11.7. The van der Waals surface area contributed by atoms with Gasteiger partial charge in [-0.15, -0.1) is 10.2 Å². The summed E-state index contributed by atoms with van der Waals surface area (Å²) >= 11 is 1.41. The molecule has 2 aromatic heterocycles. The highest BCUT2D eigenvalue weighted by Gasteiger charge is 2.25. The van der Waals surface area contributed by atoms with E-state index in [4.69, 9.17) is 0 Å². The highest BCUT2D eigenvalue weighted by Crippen LogP contribution is 2.28. The largest absolute Gasteiger partial charge is 0.355 e. The van der Waals surface area contributed by atoms with E-state index < -0.39 is 0 Å². The lowest BCUT2D eigenvalue weighted by Gasteiger charge is -2.12. The van der Waals surface area contributed by atoms with E-state index in [2.05, 4.69) is 15.5 Å². The van der Waals surface area contributed by atoms with Gasteiger partial charge in [-0.05, 0) is 25.0 Å². The van der Waals surface area contributed by atoms with Gasteiger partial charge in [0.05, 0.1) is 16.2 Å². The first-order valence-electron chi connectivity index (χ1n) is 7.94. The molecule has 1 N–H and O–H groups in total. The van der Waals surface area contributed by atoms with Crippen LogP contribution in [0.25, 0.3) is 16.7 Å². The van der Waals surface area contributed by atoms with Crippen molar-refractivity contribution in [2.75, 3.05) is 6.54 Å². The van der Waals surface area contributed by atoms with Crippen molar-refractivity contribution >= 4 is 34.3 Å². The summed E-state index contributed by atoms with van der Waals surface area (Å²) in [6, 6.07) is 7.40. The van der Waals surface area contributed by atoms with Gasteiger partial charge in [0.2, 0.25) is 11.7 Å². The van der Waals surface area contributed by atoms with Crippen LogP contribution >= 0.6 is 11.8 Å². The normalized spacial score (nSPS) is 18.7. The van der Waals surface area contributed by atoms with Crippen LogP contribution in [0, 0.1) is 0 Å². The predicted octanol–water partition coefficient (Wildman–Crippen LogP) is 1.34. The minimum atomic E-state index is -0.184. The van der Waals surface area contributed by atoms with Gasteiger partial charge in [0.25, 0.3) is 5.56 Å². The second kappa shape index (κ2) is 5.94. The van der Waals surface area contributed by atoms with E-state index in [-0.39, 0.29) is 16.7 Å². The van der Waals surface area contributed by atoms with Crippen molar-refractivity contribution in [1.29, 1.82) is 0 Å². The Morgan fingerprint density at radius 2 is 2.04 bits per heavy atom. The van der Waals surface area contributed by atoms with Crippen LogP contribution < -0.4 is 10.9 Å². The molecule has 0 saturated carbocycles. The number of aromatic nitrogens is 4. The average Bonchev–Trinajstić information content (AvgIpc) is 2.91. The Hall–Kier alpha value is -2.35. The fraction of sp³-hybridized carbons (Fsp3) is 0.375. The van der Waals surface area contributed by atoms with E-state index in [1.807, 2.05) is 22.6 Å². The zero-order valence-corrected chi connectivity index (χ0v) is 14.0. The highest BCUT2D eigenvalue weighted by molar-refractivity contribution is 8.00. The van der Waals surface area contributed by atoms with Gasteiger partial charge in [-0.2, -0.15) is 0 Å². The molecule has 3 aromatic rings. The molecule has 1 aliphatic heterocycles. The van der Waals surface area contributed by atoms with Crippen LogP contribution in [0.15, 0.2) is 34.2 Å². The molecule has 8 heteroatoms. The quantitative estimate of drug-likeness (QED) is 0.759. The second-order valence-corrected chi connectivity index (χ2v) is 7.06. The number of nitrogens with zero attached hydrogens (tertiary/aromatic N) is 4. The number of benzene rings is 1. The fourth-order valence-corrected chi connectivity index (χ4v) is 4.14. The standard InChI is InChI=1S/C16H17N5O2S/c1-20-14(23)10-6-2-3-7-11(10)21-15(20)18-19-16(21)24-12-8-4-5-9-17-13(12)22/h2-3,6-7,12H,4-5,8-9H2,1H3,(H,17,22). The van der Waals surface area contributed by atoms with E-state index in [0.29, 0.717) is 16.3 Å². The molecule has 1 atom stereocenters. The van der Waals surface area contributed by atoms with Crippen LogP contribution in [0.5, 0.6) is 0 Å². The zero-order valence-electron chi connectivity index (χ0n) is 13.2. The molecule has 1 aromatic carbocycles. The van der Waals surface area contributed by atoms with Crippen LogP contribution in [-0.4, -0.2) is 36.9 Å². The Morgan fingerprint density at radius 3 is 2.92 bits per heavy atom. The van der Waals surface area contributed by atoms with Gasteiger partial charge < -0.3 is 5.32 Å². The van der Waals surface area contributed by atoms with Crippen molar-refractivity contribution in [3.63, 3.8) is 0 Å². The molecular weight excluding hydrogens is 326 g/mol. The van der Waals surface area contributed by atoms with E-state index >= 15 is 0 Å². The minimum Gasteiger partial charge on any atom is -0.355 e. The Labute approximate surface area is 142 Å². The van der Waals surface area contributed by atoms with E-state index in [9.17, 15) is 9.59 Å². The van der Waals surface area contributed by atoms with Gasteiger partial charge in [0.1, 0.15) is 0 Å². The number of thioether (sulfide) groups is 1. The lowest BCUT2D eigenvalue weighted by atomic mass is 10.2. The van der Waals surface area contributed by atoms with Crippen LogP contribution in [0.1, 0.15) is 19.3 Å². The number of carbonyl (C=O) groups is 1. The maximum atomic E-state index is 12.4. The SMILES string of the molecule is Cn1c(=O)c2ccccc2n2c(SC3CCCCNC3=O)nnc12. The summed E-state index contributed by atoms with van der Waals surface area (Å²) in [4.78, 5) is 24.7. The monoisotopic (exact) mass is 343 g/mol. The van der Waals surface area contributed by atoms with Gasteiger partial charge in [0, 0.05) is 13.6 Å². The van der Waals surface area contributed by atoms with E-state index in [0.717, 1.165) is 31.3 Å². The molecule has 24 heavy (non-hydrogen) atoms. The fourth-order valence-electron chi connectivity index (χ4n) is 3.04. The third-order valence-electron chi connectivity index (χ3n) is 4.33. The number of amides is 1. The first kappa shape index (κ1) is 15.2. The molecule has 1 unspecified atom stereocenters. The number of nitrogens with one attached hydrogen (secondary N) is 1. The first-order valence-corrected chi connectivity index (χ1v) is 8.82. The number of rotatable bonds is 2. The van der Waals surface area contributed by atoms with Crippen LogP contribution in [0.3, 0.4) is 0 Å². The van der Waals surface area contributed by atoms with Crippen molar-refractivity contribution in [2.45, 2.75) is 29.7 Å². The molecule has 1 amide bonds. The molecule has 0 aliphatic carbocycles. The molecule has 3 heterocycles. The molecule has 1 aliphatic rings. The summed E-state index contributed by atoms with van der Waals surface area (Å²) in [5, 5.41) is 12.4. The summed E-state index contributed by atoms with van der Waals surface area (Å²) in [5.41, 5.74) is 0.659. The van der Waals surface area contributed by atoms with Crippen molar-refractivity contribution in [2.24, 2.45) is 7.05 Å². The maximum absolute atomic E-state index is 12.4. The Balaban J connectivity index is 1.88. The zero-order chi connectivity index (χ0) is 16.7. The summed E-state index contributed by atoms with van der Waals surface area (Å²) < 4.78 is 3.35. The Morgan fingerprint density at radius 1 is 1.21 bits per heavy atom. The summed E-state index contributed by atoms with van der Waals surface area (Å²) in [7, 11) is 1.69. The molecule has 0 spiro atoms. The molecule has 7 nitrogen and oxygen atoms in total. The maximum Gasteiger partial charge on any atom is 0.262 e. The number of carbonyl (C=O) groups excluding carboxylic acids is 1. The second-order valence-electron chi connectivity index (χ2n) is 5.89. The predicted molar refractivity (Wildman–Crippen MR) is 92.2 cm³/mol. The lowest BCUT2D eigenvalue weighted by Crippen LogP contribution is -2.30. The third kappa shape index (κ3) is 2.37. The Kier molecular flexibility index (Phi) is 3.76. The summed E-state index contributed by atoms with van der Waals surface area (Å²) in [6.07, 6.45) is 2.82. The molecule has 1 saturated heterocycles. The molecule has 0 bridgehead atoms. The van der Waals surface area contributed by atoms with Crippen molar-refractivity contribution in [3.8, 4) is 0 Å². The van der Waals surface area contributed by atoms with E-state index in [1.165, 1.54) is 16.3 Å². The Bertz CT molecular complexity index is 993. The number of para-hydroxylation sites is 1. The smallest absolute Gasteiger partial charge is 0.262 e. The van der Waals surface area contributed by atoms with Gasteiger partial charge in [-0.1, -0.05) is 30.3 Å². The third-order valence-corrected chi connectivity index (χ3v) is 5.54. The molecule has 0 radical (unpaired) electrons. The van der Waals surface area contributed by atoms with Gasteiger partial charge in [0.15, 0.2) is 5.16 Å². The highest BCUT2D eigenvalue weighted by atomic mass is 32.2.